The minimum Gasteiger partial charge on any atom is -0.346 e. The Morgan fingerprint density at radius 2 is 1.89 bits per heavy atom. The minimum atomic E-state index is -0.165. The lowest BCUT2D eigenvalue weighted by Crippen LogP contribution is -2.21. The number of carbonyl (C=O) groups is 1. The van der Waals surface area contributed by atoms with Crippen LogP contribution < -0.4 is 10.8 Å². The van der Waals surface area contributed by atoms with Crippen molar-refractivity contribution in [2.45, 2.75) is 6.54 Å². The monoisotopic (exact) mass is 409 g/mol. The van der Waals surface area contributed by atoms with Crippen LogP contribution >= 0.6 is 22.9 Å². The molecule has 0 aliphatic rings. The van der Waals surface area contributed by atoms with E-state index >= 15 is 0 Å². The van der Waals surface area contributed by atoms with E-state index in [0.717, 1.165) is 17.1 Å². The predicted octanol–water partition coefficient (Wildman–Crippen LogP) is 3.79. The molecule has 28 heavy (non-hydrogen) atoms. The molecule has 0 spiro atoms. The lowest BCUT2D eigenvalue weighted by atomic mass is 10.2. The van der Waals surface area contributed by atoms with Gasteiger partial charge in [0.1, 0.15) is 5.49 Å². The molecule has 140 valence electrons. The molecule has 0 radical (unpaired) electrons. The van der Waals surface area contributed by atoms with E-state index in [1.165, 1.54) is 11.3 Å². The molecular formula is C20H16ClN5OS. The summed E-state index contributed by atoms with van der Waals surface area (Å²) in [5.74, 6) is -0.165. The van der Waals surface area contributed by atoms with Crippen LogP contribution in [0.15, 0.2) is 73.3 Å². The second-order valence-electron chi connectivity index (χ2n) is 6.03. The van der Waals surface area contributed by atoms with Gasteiger partial charge in [-0.15, -0.1) is 11.3 Å². The van der Waals surface area contributed by atoms with E-state index in [-0.39, 0.29) is 5.91 Å². The number of imidazole rings is 1. The largest absolute Gasteiger partial charge is 0.346 e. The summed E-state index contributed by atoms with van der Waals surface area (Å²) in [7, 11) is 0. The highest BCUT2D eigenvalue weighted by atomic mass is 35.5. The van der Waals surface area contributed by atoms with Gasteiger partial charge in [0.05, 0.1) is 27.8 Å². The number of rotatable bonds is 5. The number of aromatic nitrogens is 3. The van der Waals surface area contributed by atoms with E-state index in [2.05, 4.69) is 10.3 Å². The van der Waals surface area contributed by atoms with Crippen LogP contribution in [-0.2, 0) is 6.54 Å². The molecule has 0 saturated carbocycles. The molecule has 3 heterocycles. The quantitative estimate of drug-likeness (QED) is 0.526. The van der Waals surface area contributed by atoms with E-state index in [9.17, 15) is 4.79 Å². The van der Waals surface area contributed by atoms with Crippen LogP contribution in [0.4, 0.5) is 0 Å². The SMILES string of the molecule is N=c1ccccn1-c1ccc(-n2cnc(CNC(=O)c3ccc(Cl)s3)c2)cc1. The Hall–Kier alpha value is -3.16. The molecule has 6 nitrogen and oxygen atoms in total. The van der Waals surface area contributed by atoms with Crippen molar-refractivity contribution in [3.63, 3.8) is 0 Å². The van der Waals surface area contributed by atoms with Gasteiger partial charge in [-0.1, -0.05) is 17.7 Å². The summed E-state index contributed by atoms with van der Waals surface area (Å²) < 4.78 is 4.28. The molecule has 4 aromatic rings. The van der Waals surface area contributed by atoms with Gasteiger partial charge in [-0.2, -0.15) is 0 Å². The highest BCUT2D eigenvalue weighted by Gasteiger charge is 2.09. The summed E-state index contributed by atoms with van der Waals surface area (Å²) in [6, 6.07) is 16.7. The first-order chi connectivity index (χ1) is 13.6. The lowest BCUT2D eigenvalue weighted by molar-refractivity contribution is 0.0954. The summed E-state index contributed by atoms with van der Waals surface area (Å²) in [6.07, 6.45) is 5.45. The van der Waals surface area contributed by atoms with Crippen molar-refractivity contribution >= 4 is 28.8 Å². The fraction of sp³-hybridized carbons (Fsp3) is 0.0500. The van der Waals surface area contributed by atoms with Gasteiger partial charge >= 0.3 is 0 Å². The third kappa shape index (κ3) is 3.90. The molecule has 2 N–H and O–H groups in total. The van der Waals surface area contributed by atoms with E-state index in [1.807, 2.05) is 53.4 Å². The average Bonchev–Trinajstić information content (AvgIpc) is 3.36. The van der Waals surface area contributed by atoms with Crippen LogP contribution in [0, 0.1) is 5.41 Å². The fourth-order valence-electron chi connectivity index (χ4n) is 2.74. The maximum absolute atomic E-state index is 12.1. The zero-order valence-electron chi connectivity index (χ0n) is 14.7. The number of amides is 1. The van der Waals surface area contributed by atoms with Crippen molar-refractivity contribution in [2.75, 3.05) is 0 Å². The third-order valence-electron chi connectivity index (χ3n) is 4.15. The van der Waals surface area contributed by atoms with Gasteiger partial charge in [-0.05, 0) is 48.5 Å². The highest BCUT2D eigenvalue weighted by Crippen LogP contribution is 2.21. The van der Waals surface area contributed by atoms with E-state index in [1.54, 1.807) is 29.1 Å². The molecule has 0 aliphatic heterocycles. The summed E-state index contributed by atoms with van der Waals surface area (Å²) in [5, 5.41) is 10.8. The van der Waals surface area contributed by atoms with E-state index in [0.29, 0.717) is 21.2 Å². The van der Waals surface area contributed by atoms with Crippen LogP contribution in [0.25, 0.3) is 11.4 Å². The average molecular weight is 410 g/mol. The third-order valence-corrected chi connectivity index (χ3v) is 5.38. The Morgan fingerprint density at radius 3 is 2.61 bits per heavy atom. The van der Waals surface area contributed by atoms with E-state index < -0.39 is 0 Å². The maximum atomic E-state index is 12.1. The Morgan fingerprint density at radius 1 is 1.11 bits per heavy atom. The second kappa shape index (κ2) is 7.84. The second-order valence-corrected chi connectivity index (χ2v) is 7.75. The maximum Gasteiger partial charge on any atom is 0.261 e. The number of pyridine rings is 1. The molecule has 4 rings (SSSR count). The van der Waals surface area contributed by atoms with Crippen molar-refractivity contribution in [2.24, 2.45) is 0 Å². The lowest BCUT2D eigenvalue weighted by Gasteiger charge is -2.08. The number of carbonyl (C=O) groups excluding carboxylic acids is 1. The van der Waals surface area contributed by atoms with Crippen LogP contribution in [0.1, 0.15) is 15.4 Å². The van der Waals surface area contributed by atoms with Gasteiger partial charge in [0, 0.05) is 23.8 Å². The number of nitrogens with one attached hydrogen (secondary N) is 2. The van der Waals surface area contributed by atoms with Crippen molar-refractivity contribution < 1.29 is 4.79 Å². The highest BCUT2D eigenvalue weighted by molar-refractivity contribution is 7.17. The van der Waals surface area contributed by atoms with Gasteiger partial charge in [0.15, 0.2) is 0 Å². The zero-order chi connectivity index (χ0) is 19.5. The van der Waals surface area contributed by atoms with Gasteiger partial charge in [0.2, 0.25) is 0 Å². The first-order valence-electron chi connectivity index (χ1n) is 8.50. The van der Waals surface area contributed by atoms with Gasteiger partial charge < -0.3 is 14.5 Å². The molecule has 1 amide bonds. The molecule has 0 fully saturated rings. The predicted molar refractivity (Wildman–Crippen MR) is 109 cm³/mol. The molecule has 0 bridgehead atoms. The first-order valence-corrected chi connectivity index (χ1v) is 9.69. The van der Waals surface area contributed by atoms with Gasteiger partial charge in [0.25, 0.3) is 5.91 Å². The minimum absolute atomic E-state index is 0.165. The summed E-state index contributed by atoms with van der Waals surface area (Å²) >= 11 is 7.11. The van der Waals surface area contributed by atoms with E-state index in [4.69, 9.17) is 17.0 Å². The molecule has 0 saturated heterocycles. The molecule has 8 heteroatoms. The van der Waals surface area contributed by atoms with Crippen molar-refractivity contribution in [1.82, 2.24) is 19.4 Å². The van der Waals surface area contributed by atoms with Crippen LogP contribution in [0.2, 0.25) is 4.34 Å². The van der Waals surface area contributed by atoms with Crippen molar-refractivity contribution in [1.29, 1.82) is 5.41 Å². The Labute approximate surface area is 170 Å². The number of thiophene rings is 1. The molecule has 0 aliphatic carbocycles. The summed E-state index contributed by atoms with van der Waals surface area (Å²) in [5.41, 5.74) is 3.03. The van der Waals surface area contributed by atoms with Crippen molar-refractivity contribution in [3.8, 4) is 11.4 Å². The Balaban J connectivity index is 1.45. The summed E-state index contributed by atoms with van der Waals surface area (Å²) in [4.78, 5) is 17.0. The molecule has 0 atom stereocenters. The number of nitrogens with zero attached hydrogens (tertiary/aromatic N) is 3. The topological polar surface area (TPSA) is 75.7 Å². The number of hydrogen-bond donors (Lipinski definition) is 2. The van der Waals surface area contributed by atoms with Gasteiger partial charge in [-0.25, -0.2) is 4.98 Å². The number of halogens is 1. The van der Waals surface area contributed by atoms with Crippen LogP contribution in [0.5, 0.6) is 0 Å². The standard InChI is InChI=1S/C20H16ClN5OS/c21-18-9-8-17(28-18)20(27)23-11-14-12-25(13-24-14)15-4-6-16(7-5-15)26-10-2-1-3-19(26)22/h1-10,12-13,22H,11H2,(H,23,27). The Kier molecular flexibility index (Phi) is 5.10. The fourth-order valence-corrected chi connectivity index (χ4v) is 3.70. The molecule has 0 unspecified atom stereocenters. The zero-order valence-corrected chi connectivity index (χ0v) is 16.2. The number of hydrogen-bond acceptors (Lipinski definition) is 4. The van der Waals surface area contributed by atoms with Gasteiger partial charge in [-0.3, -0.25) is 10.2 Å². The summed E-state index contributed by atoms with van der Waals surface area (Å²) in [6.45, 7) is 0.335. The van der Waals surface area contributed by atoms with Crippen LogP contribution in [-0.4, -0.2) is 20.0 Å². The first kappa shape index (κ1) is 18.2. The normalized spacial score (nSPS) is 10.8. The molecular weight excluding hydrogens is 394 g/mol. The van der Waals surface area contributed by atoms with Crippen molar-refractivity contribution in [3.05, 3.63) is 93.7 Å². The number of benzene rings is 1. The van der Waals surface area contributed by atoms with Crippen LogP contribution in [0.3, 0.4) is 0 Å². The Bertz CT molecular complexity index is 1180. The molecule has 1 aromatic carbocycles. The molecule has 3 aromatic heterocycles. The smallest absolute Gasteiger partial charge is 0.261 e.